The Labute approximate surface area is 156 Å². The summed E-state index contributed by atoms with van der Waals surface area (Å²) in [5.41, 5.74) is 5.50. The number of hydrogen-bond acceptors (Lipinski definition) is 4. The van der Waals surface area contributed by atoms with E-state index in [1.54, 1.807) is 0 Å². The molecule has 1 atom stereocenters. The lowest BCUT2D eigenvalue weighted by molar-refractivity contribution is 0.173. The van der Waals surface area contributed by atoms with Gasteiger partial charge in [-0.15, -0.1) is 0 Å². The fourth-order valence-corrected chi connectivity index (χ4v) is 3.69. The van der Waals surface area contributed by atoms with Gasteiger partial charge in [-0.1, -0.05) is 30.3 Å². The van der Waals surface area contributed by atoms with Crippen LogP contribution in [0.15, 0.2) is 36.4 Å². The predicted octanol–water partition coefficient (Wildman–Crippen LogP) is 3.30. The molecule has 0 amide bonds. The summed E-state index contributed by atoms with van der Waals surface area (Å²) >= 11 is 0. The van der Waals surface area contributed by atoms with E-state index in [9.17, 15) is 10.2 Å². The topological polar surface area (TPSA) is 52.9 Å². The molecule has 0 spiro atoms. The molecule has 1 aliphatic rings. The minimum Gasteiger partial charge on any atom is -0.493 e. The quantitative estimate of drug-likeness (QED) is 0.748. The molecule has 0 aliphatic carbocycles. The van der Waals surface area contributed by atoms with Gasteiger partial charge in [0.1, 0.15) is 5.75 Å². The Morgan fingerprint density at radius 2 is 1.81 bits per heavy atom. The Morgan fingerprint density at radius 3 is 2.50 bits per heavy atom. The first-order valence-corrected chi connectivity index (χ1v) is 9.42. The molecule has 0 saturated carbocycles. The van der Waals surface area contributed by atoms with Gasteiger partial charge >= 0.3 is 0 Å². The van der Waals surface area contributed by atoms with Crippen LogP contribution < -0.4 is 4.74 Å². The minimum atomic E-state index is -0.159. The van der Waals surface area contributed by atoms with Crippen molar-refractivity contribution in [3.63, 3.8) is 0 Å². The van der Waals surface area contributed by atoms with Crippen LogP contribution in [0.5, 0.6) is 5.75 Å². The Morgan fingerprint density at radius 1 is 1.08 bits per heavy atom. The summed E-state index contributed by atoms with van der Waals surface area (Å²) in [5, 5.41) is 19.1. The molecule has 2 aromatic carbocycles. The number of likely N-dealkylation sites (tertiary alicyclic amines) is 1. The molecular weight excluding hydrogens is 326 g/mol. The molecule has 1 fully saturated rings. The minimum absolute atomic E-state index is 0.0557. The first kappa shape index (κ1) is 18.9. The Balaban J connectivity index is 1.66. The SMILES string of the molecule is Cc1c(CO)cccc1-c1cccc(OCCCN2CCC(O)C2)c1C. The molecular formula is C22H29NO3. The highest BCUT2D eigenvalue weighted by molar-refractivity contribution is 5.73. The van der Waals surface area contributed by atoms with Crippen LogP contribution in [0.4, 0.5) is 0 Å². The van der Waals surface area contributed by atoms with Crippen LogP contribution in [0.1, 0.15) is 29.5 Å². The van der Waals surface area contributed by atoms with Gasteiger partial charge in [-0.05, 0) is 60.6 Å². The van der Waals surface area contributed by atoms with Crippen molar-refractivity contribution < 1.29 is 14.9 Å². The lowest BCUT2D eigenvalue weighted by Gasteiger charge is -2.17. The number of aliphatic hydroxyl groups excluding tert-OH is 2. The predicted molar refractivity (Wildman–Crippen MR) is 104 cm³/mol. The van der Waals surface area contributed by atoms with Crippen molar-refractivity contribution >= 4 is 0 Å². The molecule has 4 nitrogen and oxygen atoms in total. The van der Waals surface area contributed by atoms with Gasteiger partial charge in [0.25, 0.3) is 0 Å². The average molecular weight is 355 g/mol. The molecule has 3 rings (SSSR count). The zero-order chi connectivity index (χ0) is 18.5. The van der Waals surface area contributed by atoms with E-state index in [0.29, 0.717) is 6.61 Å². The largest absolute Gasteiger partial charge is 0.493 e. The number of benzene rings is 2. The number of aliphatic hydroxyl groups is 2. The number of nitrogens with zero attached hydrogens (tertiary/aromatic N) is 1. The molecule has 0 radical (unpaired) electrons. The average Bonchev–Trinajstić information content (AvgIpc) is 3.06. The smallest absolute Gasteiger partial charge is 0.122 e. The van der Waals surface area contributed by atoms with E-state index in [1.807, 2.05) is 24.3 Å². The molecule has 26 heavy (non-hydrogen) atoms. The van der Waals surface area contributed by atoms with Crippen LogP contribution >= 0.6 is 0 Å². The number of rotatable bonds is 7. The lowest BCUT2D eigenvalue weighted by atomic mass is 9.93. The third kappa shape index (κ3) is 4.26. The van der Waals surface area contributed by atoms with Crippen molar-refractivity contribution in [1.29, 1.82) is 0 Å². The summed E-state index contributed by atoms with van der Waals surface area (Å²) in [6.45, 7) is 7.61. The fraction of sp³-hybridized carbons (Fsp3) is 0.455. The molecule has 2 N–H and O–H groups in total. The van der Waals surface area contributed by atoms with E-state index in [0.717, 1.165) is 66.0 Å². The molecule has 0 bridgehead atoms. The van der Waals surface area contributed by atoms with Gasteiger partial charge in [-0.25, -0.2) is 0 Å². The zero-order valence-corrected chi connectivity index (χ0v) is 15.7. The maximum Gasteiger partial charge on any atom is 0.122 e. The van der Waals surface area contributed by atoms with Crippen molar-refractivity contribution in [2.45, 2.75) is 39.4 Å². The van der Waals surface area contributed by atoms with Crippen molar-refractivity contribution in [2.75, 3.05) is 26.2 Å². The van der Waals surface area contributed by atoms with Crippen LogP contribution in [-0.4, -0.2) is 47.5 Å². The van der Waals surface area contributed by atoms with Crippen LogP contribution in [-0.2, 0) is 6.61 Å². The first-order valence-electron chi connectivity index (χ1n) is 9.42. The second kappa shape index (κ2) is 8.67. The fourth-order valence-electron chi connectivity index (χ4n) is 3.69. The molecule has 2 aromatic rings. The number of ether oxygens (including phenoxy) is 1. The van der Waals surface area contributed by atoms with Crippen molar-refractivity contribution in [3.05, 3.63) is 53.1 Å². The molecule has 1 unspecified atom stereocenters. The summed E-state index contributed by atoms with van der Waals surface area (Å²) < 4.78 is 6.04. The molecule has 1 heterocycles. The van der Waals surface area contributed by atoms with Gasteiger partial charge in [0.15, 0.2) is 0 Å². The summed E-state index contributed by atoms with van der Waals surface area (Å²) in [6, 6.07) is 12.2. The highest BCUT2D eigenvalue weighted by Crippen LogP contribution is 2.33. The van der Waals surface area contributed by atoms with E-state index >= 15 is 0 Å². The van der Waals surface area contributed by atoms with E-state index in [4.69, 9.17) is 4.74 Å². The van der Waals surface area contributed by atoms with Gasteiger partial charge < -0.3 is 19.8 Å². The number of β-amino-alcohol motifs (C(OH)–C–C–N with tert-alkyl or cyclic N) is 1. The van der Waals surface area contributed by atoms with E-state index < -0.39 is 0 Å². The maximum absolute atomic E-state index is 9.58. The second-order valence-electron chi connectivity index (χ2n) is 7.12. The molecule has 0 aromatic heterocycles. The normalized spacial score (nSPS) is 17.6. The monoisotopic (exact) mass is 355 g/mol. The van der Waals surface area contributed by atoms with Gasteiger partial charge in [-0.2, -0.15) is 0 Å². The van der Waals surface area contributed by atoms with E-state index in [2.05, 4.69) is 30.9 Å². The molecule has 1 aliphatic heterocycles. The molecule has 1 saturated heterocycles. The van der Waals surface area contributed by atoms with Crippen LogP contribution in [0.25, 0.3) is 11.1 Å². The number of hydrogen-bond donors (Lipinski definition) is 2. The molecule has 4 heteroatoms. The van der Waals surface area contributed by atoms with Crippen molar-refractivity contribution in [3.8, 4) is 16.9 Å². The highest BCUT2D eigenvalue weighted by Gasteiger charge is 2.19. The van der Waals surface area contributed by atoms with Crippen molar-refractivity contribution in [1.82, 2.24) is 4.90 Å². The van der Waals surface area contributed by atoms with E-state index in [1.165, 1.54) is 0 Å². The first-order chi connectivity index (χ1) is 12.6. The van der Waals surface area contributed by atoms with Crippen LogP contribution in [0.3, 0.4) is 0 Å². The van der Waals surface area contributed by atoms with Crippen LogP contribution in [0, 0.1) is 13.8 Å². The third-order valence-electron chi connectivity index (χ3n) is 5.31. The van der Waals surface area contributed by atoms with Crippen molar-refractivity contribution in [2.24, 2.45) is 0 Å². The van der Waals surface area contributed by atoms with Gasteiger partial charge in [-0.3, -0.25) is 0 Å². The maximum atomic E-state index is 9.58. The lowest BCUT2D eigenvalue weighted by Crippen LogP contribution is -2.24. The Hall–Kier alpha value is -1.88. The highest BCUT2D eigenvalue weighted by atomic mass is 16.5. The third-order valence-corrected chi connectivity index (χ3v) is 5.31. The van der Waals surface area contributed by atoms with Gasteiger partial charge in [0.2, 0.25) is 0 Å². The Kier molecular flexibility index (Phi) is 6.30. The summed E-state index contributed by atoms with van der Waals surface area (Å²) in [5.74, 6) is 0.915. The van der Waals surface area contributed by atoms with Gasteiger partial charge in [0.05, 0.1) is 19.3 Å². The summed E-state index contributed by atoms with van der Waals surface area (Å²) in [4.78, 5) is 2.29. The van der Waals surface area contributed by atoms with E-state index in [-0.39, 0.29) is 12.7 Å². The molecule has 140 valence electrons. The summed E-state index contributed by atoms with van der Waals surface area (Å²) in [6.07, 6.45) is 1.68. The zero-order valence-electron chi connectivity index (χ0n) is 15.7. The summed E-state index contributed by atoms with van der Waals surface area (Å²) in [7, 11) is 0. The Bertz CT molecular complexity index is 744. The standard InChI is InChI=1S/C22H29NO3/c1-16-18(15-24)6-3-7-20(16)21-8-4-9-22(17(21)2)26-13-5-11-23-12-10-19(25)14-23/h3-4,6-9,19,24-25H,5,10-15H2,1-2H3. The second-order valence-corrected chi connectivity index (χ2v) is 7.12. The van der Waals surface area contributed by atoms with Gasteiger partial charge in [0, 0.05) is 19.6 Å². The van der Waals surface area contributed by atoms with Crippen LogP contribution in [0.2, 0.25) is 0 Å².